The molecule has 21 heavy (non-hydrogen) atoms. The molecule has 0 radical (unpaired) electrons. The maximum absolute atomic E-state index is 13.9. The van der Waals surface area contributed by atoms with E-state index in [-0.39, 0.29) is 5.82 Å². The van der Waals surface area contributed by atoms with Gasteiger partial charge in [-0.1, -0.05) is 24.3 Å². The summed E-state index contributed by atoms with van der Waals surface area (Å²) in [6.07, 6.45) is 4.38. The third-order valence-corrected chi connectivity index (χ3v) is 3.91. The van der Waals surface area contributed by atoms with Gasteiger partial charge in [0.1, 0.15) is 11.6 Å². The van der Waals surface area contributed by atoms with Crippen LogP contribution in [-0.4, -0.2) is 16.0 Å². The van der Waals surface area contributed by atoms with Crippen molar-refractivity contribution < 1.29 is 4.39 Å². The van der Waals surface area contributed by atoms with Crippen LogP contribution in [0.1, 0.15) is 18.5 Å². The van der Waals surface area contributed by atoms with Crippen molar-refractivity contribution in [3.63, 3.8) is 0 Å². The maximum Gasteiger partial charge on any atom is 0.138 e. The molecule has 2 N–H and O–H groups in total. The highest BCUT2D eigenvalue weighted by molar-refractivity contribution is 5.95. The van der Waals surface area contributed by atoms with Crippen LogP contribution in [0, 0.1) is 5.82 Å². The SMILES string of the molecule is Fc1ccc(-c2ncc(CNC3CC3)[nH]2)c2ccccc12. The van der Waals surface area contributed by atoms with Crippen LogP contribution >= 0.6 is 0 Å². The molecule has 0 saturated heterocycles. The molecule has 0 aliphatic heterocycles. The molecule has 1 aromatic heterocycles. The van der Waals surface area contributed by atoms with Gasteiger partial charge in [0.15, 0.2) is 0 Å². The third kappa shape index (κ3) is 2.43. The number of hydrogen-bond acceptors (Lipinski definition) is 2. The van der Waals surface area contributed by atoms with Crippen LogP contribution in [0.15, 0.2) is 42.6 Å². The predicted molar refractivity (Wildman–Crippen MR) is 81.3 cm³/mol. The molecule has 2 aromatic carbocycles. The molecule has 1 saturated carbocycles. The first-order chi connectivity index (χ1) is 10.3. The highest BCUT2D eigenvalue weighted by Gasteiger charge is 2.20. The van der Waals surface area contributed by atoms with Crippen molar-refractivity contribution in [1.82, 2.24) is 15.3 Å². The van der Waals surface area contributed by atoms with Gasteiger partial charge in [-0.25, -0.2) is 9.37 Å². The van der Waals surface area contributed by atoms with Crippen LogP contribution in [0.5, 0.6) is 0 Å². The Kier molecular flexibility index (Phi) is 2.97. The Balaban J connectivity index is 1.70. The summed E-state index contributed by atoms with van der Waals surface area (Å²) in [5.74, 6) is 0.593. The monoisotopic (exact) mass is 281 g/mol. The summed E-state index contributed by atoms with van der Waals surface area (Å²) >= 11 is 0. The molecule has 4 rings (SSSR count). The van der Waals surface area contributed by atoms with Crippen LogP contribution < -0.4 is 5.32 Å². The minimum absolute atomic E-state index is 0.198. The molecule has 1 fully saturated rings. The molecule has 1 aliphatic carbocycles. The van der Waals surface area contributed by atoms with Gasteiger partial charge in [0.2, 0.25) is 0 Å². The number of fused-ring (bicyclic) bond motifs is 1. The van der Waals surface area contributed by atoms with Gasteiger partial charge in [0.05, 0.1) is 0 Å². The van der Waals surface area contributed by atoms with Gasteiger partial charge in [-0.3, -0.25) is 0 Å². The summed E-state index contributed by atoms with van der Waals surface area (Å²) in [6.45, 7) is 0.802. The van der Waals surface area contributed by atoms with Crippen molar-refractivity contribution in [2.24, 2.45) is 0 Å². The summed E-state index contributed by atoms with van der Waals surface area (Å²) in [4.78, 5) is 7.77. The summed E-state index contributed by atoms with van der Waals surface area (Å²) < 4.78 is 13.9. The summed E-state index contributed by atoms with van der Waals surface area (Å²) in [5, 5.41) is 4.96. The minimum atomic E-state index is -0.198. The molecule has 0 atom stereocenters. The average Bonchev–Trinajstić information content (AvgIpc) is 3.23. The van der Waals surface area contributed by atoms with Gasteiger partial charge in [-0.15, -0.1) is 0 Å². The Bertz CT molecular complexity index is 790. The Morgan fingerprint density at radius 1 is 1.14 bits per heavy atom. The van der Waals surface area contributed by atoms with E-state index in [0.717, 1.165) is 29.0 Å². The first kappa shape index (κ1) is 12.5. The Hall–Kier alpha value is -2.20. The van der Waals surface area contributed by atoms with E-state index in [0.29, 0.717) is 11.4 Å². The third-order valence-electron chi connectivity index (χ3n) is 3.91. The molecule has 0 amide bonds. The molecule has 0 bridgehead atoms. The molecule has 0 spiro atoms. The molecular weight excluding hydrogens is 265 g/mol. The quantitative estimate of drug-likeness (QED) is 0.767. The number of aromatic nitrogens is 2. The Morgan fingerprint density at radius 2 is 1.95 bits per heavy atom. The Labute approximate surface area is 122 Å². The zero-order valence-electron chi connectivity index (χ0n) is 11.6. The van der Waals surface area contributed by atoms with Crippen LogP contribution in [0.2, 0.25) is 0 Å². The highest BCUT2D eigenvalue weighted by atomic mass is 19.1. The summed E-state index contributed by atoms with van der Waals surface area (Å²) in [6, 6.07) is 11.5. The average molecular weight is 281 g/mol. The molecule has 4 heteroatoms. The van der Waals surface area contributed by atoms with E-state index in [1.807, 2.05) is 24.4 Å². The summed E-state index contributed by atoms with van der Waals surface area (Å²) in [5.41, 5.74) is 2.00. The van der Waals surface area contributed by atoms with Crippen molar-refractivity contribution in [2.75, 3.05) is 0 Å². The predicted octanol–water partition coefficient (Wildman–Crippen LogP) is 3.62. The first-order valence-corrected chi connectivity index (χ1v) is 7.26. The topological polar surface area (TPSA) is 40.7 Å². The fraction of sp³-hybridized carbons (Fsp3) is 0.235. The van der Waals surface area contributed by atoms with E-state index in [2.05, 4.69) is 15.3 Å². The van der Waals surface area contributed by atoms with Crippen LogP contribution in [-0.2, 0) is 6.54 Å². The van der Waals surface area contributed by atoms with Crippen LogP contribution in [0.25, 0.3) is 22.2 Å². The van der Waals surface area contributed by atoms with Crippen molar-refractivity contribution in [3.8, 4) is 11.4 Å². The number of aromatic amines is 1. The van der Waals surface area contributed by atoms with Crippen LogP contribution in [0.4, 0.5) is 4.39 Å². The molecule has 3 nitrogen and oxygen atoms in total. The minimum Gasteiger partial charge on any atom is -0.341 e. The van der Waals surface area contributed by atoms with E-state index in [1.54, 1.807) is 12.1 Å². The highest BCUT2D eigenvalue weighted by Crippen LogP contribution is 2.28. The summed E-state index contributed by atoms with van der Waals surface area (Å²) in [7, 11) is 0. The largest absolute Gasteiger partial charge is 0.341 e. The lowest BCUT2D eigenvalue weighted by molar-refractivity contribution is 0.640. The van der Waals surface area contributed by atoms with Crippen molar-refractivity contribution >= 4 is 10.8 Å². The smallest absolute Gasteiger partial charge is 0.138 e. The number of H-pyrrole nitrogens is 1. The van der Waals surface area contributed by atoms with E-state index in [4.69, 9.17) is 0 Å². The lowest BCUT2D eigenvalue weighted by Gasteiger charge is -2.05. The first-order valence-electron chi connectivity index (χ1n) is 7.26. The Morgan fingerprint density at radius 3 is 2.76 bits per heavy atom. The number of imidazole rings is 1. The van der Waals surface area contributed by atoms with Crippen molar-refractivity contribution in [2.45, 2.75) is 25.4 Å². The van der Waals surface area contributed by atoms with Gasteiger partial charge in [-0.2, -0.15) is 0 Å². The second-order valence-electron chi connectivity index (χ2n) is 5.55. The molecule has 106 valence electrons. The zero-order valence-corrected chi connectivity index (χ0v) is 11.6. The maximum atomic E-state index is 13.9. The normalized spacial score (nSPS) is 14.7. The molecular formula is C17H16FN3. The van der Waals surface area contributed by atoms with Crippen molar-refractivity contribution in [1.29, 1.82) is 0 Å². The molecule has 0 unspecified atom stereocenters. The lowest BCUT2D eigenvalue weighted by Crippen LogP contribution is -2.15. The standard InChI is InChI=1S/C17H16FN3/c18-16-8-7-15(13-3-1-2-4-14(13)16)17-20-10-12(21-17)9-19-11-5-6-11/h1-4,7-8,10-11,19H,5-6,9H2,(H,20,21). The number of benzene rings is 2. The molecule has 1 aliphatic rings. The number of hydrogen-bond donors (Lipinski definition) is 2. The van der Waals surface area contributed by atoms with E-state index in [1.165, 1.54) is 18.9 Å². The number of nitrogens with one attached hydrogen (secondary N) is 2. The second kappa shape index (κ2) is 4.97. The van der Waals surface area contributed by atoms with E-state index < -0.39 is 0 Å². The number of halogens is 1. The van der Waals surface area contributed by atoms with E-state index in [9.17, 15) is 4.39 Å². The number of nitrogens with zero attached hydrogens (tertiary/aromatic N) is 1. The zero-order chi connectivity index (χ0) is 14.2. The molecule has 3 aromatic rings. The fourth-order valence-corrected chi connectivity index (χ4v) is 2.60. The van der Waals surface area contributed by atoms with Gasteiger partial charge >= 0.3 is 0 Å². The van der Waals surface area contributed by atoms with Gasteiger partial charge in [-0.05, 0) is 30.4 Å². The fourth-order valence-electron chi connectivity index (χ4n) is 2.60. The van der Waals surface area contributed by atoms with Gasteiger partial charge in [0, 0.05) is 35.4 Å². The van der Waals surface area contributed by atoms with E-state index >= 15 is 0 Å². The number of rotatable bonds is 4. The van der Waals surface area contributed by atoms with Gasteiger partial charge < -0.3 is 10.3 Å². The van der Waals surface area contributed by atoms with Crippen molar-refractivity contribution in [3.05, 3.63) is 54.1 Å². The van der Waals surface area contributed by atoms with Crippen LogP contribution in [0.3, 0.4) is 0 Å². The van der Waals surface area contributed by atoms with Gasteiger partial charge in [0.25, 0.3) is 0 Å². The molecule has 1 heterocycles. The lowest BCUT2D eigenvalue weighted by atomic mass is 10.0. The second-order valence-corrected chi connectivity index (χ2v) is 5.55.